The Balaban J connectivity index is 2.14. The number of benzene rings is 1. The third-order valence-electron chi connectivity index (χ3n) is 4.36. The van der Waals surface area contributed by atoms with Crippen LogP contribution in [0.3, 0.4) is 0 Å². The van der Waals surface area contributed by atoms with Crippen molar-refractivity contribution >= 4 is 23.2 Å². The molecule has 0 spiro atoms. The molecule has 1 aromatic rings. The molecule has 1 amide bonds. The zero-order chi connectivity index (χ0) is 14.8. The van der Waals surface area contributed by atoms with E-state index in [0.29, 0.717) is 10.9 Å². The quantitative estimate of drug-likeness (QED) is 0.894. The molecule has 1 atom stereocenters. The lowest BCUT2D eigenvalue weighted by atomic mass is 9.74. The van der Waals surface area contributed by atoms with Gasteiger partial charge in [0.05, 0.1) is 10.7 Å². The lowest BCUT2D eigenvalue weighted by Crippen LogP contribution is -2.44. The fraction of sp³-hybridized carbons (Fsp3) is 0.562. The maximum atomic E-state index is 12.6. The molecule has 0 bridgehead atoms. The summed E-state index contributed by atoms with van der Waals surface area (Å²) < 4.78 is 0. The van der Waals surface area contributed by atoms with Gasteiger partial charge in [0.2, 0.25) is 5.91 Å². The summed E-state index contributed by atoms with van der Waals surface area (Å²) in [5.41, 5.74) is 1.32. The van der Waals surface area contributed by atoms with Crippen molar-refractivity contribution in [2.75, 3.05) is 18.4 Å². The first-order valence-corrected chi connectivity index (χ1v) is 7.58. The predicted molar refractivity (Wildman–Crippen MR) is 84.2 cm³/mol. The average molecular weight is 295 g/mol. The second-order valence-corrected chi connectivity index (χ2v) is 6.56. The second kappa shape index (κ2) is 6.15. The van der Waals surface area contributed by atoms with Crippen molar-refractivity contribution < 1.29 is 4.79 Å². The van der Waals surface area contributed by atoms with Gasteiger partial charge in [-0.15, -0.1) is 0 Å². The maximum absolute atomic E-state index is 12.6. The highest BCUT2D eigenvalue weighted by Crippen LogP contribution is 2.34. The summed E-state index contributed by atoms with van der Waals surface area (Å²) in [5.74, 6) is 0.404. The molecule has 2 rings (SSSR count). The fourth-order valence-corrected chi connectivity index (χ4v) is 2.99. The Hall–Kier alpha value is -1.06. The minimum absolute atomic E-state index is 0.0439. The van der Waals surface area contributed by atoms with E-state index in [2.05, 4.69) is 10.6 Å². The molecule has 0 radical (unpaired) electrons. The number of amides is 1. The molecule has 3 nitrogen and oxygen atoms in total. The molecule has 20 heavy (non-hydrogen) atoms. The number of piperidine rings is 1. The fourth-order valence-electron chi connectivity index (χ4n) is 2.72. The number of hydrogen-bond acceptors (Lipinski definition) is 2. The van der Waals surface area contributed by atoms with Gasteiger partial charge in [0.1, 0.15) is 0 Å². The highest BCUT2D eigenvalue weighted by Gasteiger charge is 2.37. The lowest BCUT2D eigenvalue weighted by Gasteiger charge is -2.36. The molecule has 4 heteroatoms. The Labute approximate surface area is 126 Å². The van der Waals surface area contributed by atoms with Crippen molar-refractivity contribution in [3.8, 4) is 0 Å². The van der Waals surface area contributed by atoms with Crippen molar-refractivity contribution in [2.24, 2.45) is 11.3 Å². The number of carbonyl (C=O) groups excluding carboxylic acids is 1. The number of nitrogens with one attached hydrogen (secondary N) is 2. The standard InChI is InChI=1S/C16H23ClN2O/c1-11-6-4-8-13(17)14(11)19-15(20)16(2,3)12-7-5-9-18-10-12/h4,6,8,12,18H,5,7,9-10H2,1-3H3,(H,19,20). The molecule has 1 fully saturated rings. The monoisotopic (exact) mass is 294 g/mol. The molecule has 1 aliphatic heterocycles. The molecule has 2 N–H and O–H groups in total. The van der Waals surface area contributed by atoms with Gasteiger partial charge in [0.15, 0.2) is 0 Å². The van der Waals surface area contributed by atoms with Crippen LogP contribution < -0.4 is 10.6 Å². The van der Waals surface area contributed by atoms with Crippen LogP contribution in [0, 0.1) is 18.3 Å². The van der Waals surface area contributed by atoms with E-state index in [0.717, 1.165) is 37.2 Å². The van der Waals surface area contributed by atoms with Crippen molar-refractivity contribution in [2.45, 2.75) is 33.6 Å². The summed E-state index contributed by atoms with van der Waals surface area (Å²) in [7, 11) is 0. The van der Waals surface area contributed by atoms with Gasteiger partial charge in [-0.3, -0.25) is 4.79 Å². The summed E-state index contributed by atoms with van der Waals surface area (Å²) in [4.78, 5) is 12.6. The SMILES string of the molecule is Cc1cccc(Cl)c1NC(=O)C(C)(C)C1CCCNC1. The molecule has 1 unspecified atom stereocenters. The van der Waals surface area contributed by atoms with E-state index in [1.54, 1.807) is 6.07 Å². The Bertz CT molecular complexity index is 473. The molecule has 0 aromatic heterocycles. The number of para-hydroxylation sites is 1. The molecular weight excluding hydrogens is 272 g/mol. The van der Waals surface area contributed by atoms with E-state index in [-0.39, 0.29) is 5.91 Å². The molecule has 1 saturated heterocycles. The van der Waals surface area contributed by atoms with E-state index >= 15 is 0 Å². The van der Waals surface area contributed by atoms with Crippen molar-refractivity contribution in [1.82, 2.24) is 5.32 Å². The van der Waals surface area contributed by atoms with Crippen molar-refractivity contribution in [3.05, 3.63) is 28.8 Å². The Kier molecular flexibility index (Phi) is 4.71. The minimum Gasteiger partial charge on any atom is -0.324 e. The molecule has 1 aliphatic rings. The van der Waals surface area contributed by atoms with E-state index in [1.807, 2.05) is 32.9 Å². The van der Waals surface area contributed by atoms with Gasteiger partial charge in [0.25, 0.3) is 0 Å². The largest absolute Gasteiger partial charge is 0.324 e. The molecule has 1 heterocycles. The number of anilines is 1. The summed E-state index contributed by atoms with van der Waals surface area (Å²) >= 11 is 6.18. The van der Waals surface area contributed by atoms with Gasteiger partial charge in [0, 0.05) is 5.41 Å². The van der Waals surface area contributed by atoms with Crippen LogP contribution in [0.5, 0.6) is 0 Å². The van der Waals surface area contributed by atoms with Gasteiger partial charge in [-0.2, -0.15) is 0 Å². The zero-order valence-corrected chi connectivity index (χ0v) is 13.2. The van der Waals surface area contributed by atoms with Crippen molar-refractivity contribution in [3.63, 3.8) is 0 Å². The van der Waals surface area contributed by atoms with Crippen LogP contribution in [0.25, 0.3) is 0 Å². The van der Waals surface area contributed by atoms with Crippen LogP contribution in [0.1, 0.15) is 32.3 Å². The van der Waals surface area contributed by atoms with Crippen LogP contribution in [0.15, 0.2) is 18.2 Å². The van der Waals surface area contributed by atoms with E-state index in [1.165, 1.54) is 0 Å². The van der Waals surface area contributed by atoms with Crippen LogP contribution in [0.4, 0.5) is 5.69 Å². The summed E-state index contributed by atoms with van der Waals surface area (Å²) in [6, 6.07) is 5.65. The average Bonchev–Trinajstić information content (AvgIpc) is 2.43. The van der Waals surface area contributed by atoms with Crippen LogP contribution in [-0.4, -0.2) is 19.0 Å². The van der Waals surface area contributed by atoms with E-state index in [4.69, 9.17) is 11.6 Å². The van der Waals surface area contributed by atoms with Crippen molar-refractivity contribution in [1.29, 1.82) is 0 Å². The van der Waals surface area contributed by atoms with E-state index < -0.39 is 5.41 Å². The summed E-state index contributed by atoms with van der Waals surface area (Å²) in [6.07, 6.45) is 2.22. The highest BCUT2D eigenvalue weighted by molar-refractivity contribution is 6.34. The number of carbonyl (C=O) groups is 1. The van der Waals surface area contributed by atoms with Crippen LogP contribution >= 0.6 is 11.6 Å². The Morgan fingerprint density at radius 1 is 1.45 bits per heavy atom. The van der Waals surface area contributed by atoms with Crippen LogP contribution in [-0.2, 0) is 4.79 Å². The maximum Gasteiger partial charge on any atom is 0.230 e. The normalized spacial score (nSPS) is 19.7. The third-order valence-corrected chi connectivity index (χ3v) is 4.68. The Morgan fingerprint density at radius 2 is 2.20 bits per heavy atom. The molecular formula is C16H23ClN2O. The predicted octanol–water partition coefficient (Wildman–Crippen LogP) is 3.61. The van der Waals surface area contributed by atoms with Gasteiger partial charge >= 0.3 is 0 Å². The second-order valence-electron chi connectivity index (χ2n) is 6.15. The topological polar surface area (TPSA) is 41.1 Å². The number of aryl methyl sites for hydroxylation is 1. The van der Waals surface area contributed by atoms with Gasteiger partial charge in [-0.1, -0.05) is 37.6 Å². The van der Waals surface area contributed by atoms with E-state index in [9.17, 15) is 4.79 Å². The molecule has 1 aromatic carbocycles. The smallest absolute Gasteiger partial charge is 0.230 e. The lowest BCUT2D eigenvalue weighted by molar-refractivity contribution is -0.127. The summed E-state index contributed by atoms with van der Waals surface area (Å²) in [5, 5.41) is 6.99. The minimum atomic E-state index is -0.404. The Morgan fingerprint density at radius 3 is 2.80 bits per heavy atom. The number of halogens is 1. The first kappa shape index (κ1) is 15.3. The van der Waals surface area contributed by atoms with Crippen LogP contribution in [0.2, 0.25) is 5.02 Å². The first-order chi connectivity index (χ1) is 9.43. The molecule has 0 aliphatic carbocycles. The van der Waals surface area contributed by atoms with Gasteiger partial charge < -0.3 is 10.6 Å². The summed E-state index contributed by atoms with van der Waals surface area (Å²) in [6.45, 7) is 7.95. The zero-order valence-electron chi connectivity index (χ0n) is 12.4. The molecule has 110 valence electrons. The number of hydrogen-bond donors (Lipinski definition) is 2. The van der Waals surface area contributed by atoms with Gasteiger partial charge in [-0.25, -0.2) is 0 Å². The number of rotatable bonds is 3. The first-order valence-electron chi connectivity index (χ1n) is 7.20. The highest BCUT2D eigenvalue weighted by atomic mass is 35.5. The molecule has 0 saturated carbocycles. The third kappa shape index (κ3) is 3.15. The van der Waals surface area contributed by atoms with Gasteiger partial charge in [-0.05, 0) is 50.4 Å².